The number of nitrogens with zero attached hydrogens (tertiary/aromatic N) is 1. The van der Waals surface area contributed by atoms with E-state index in [1.807, 2.05) is 0 Å². The lowest BCUT2D eigenvalue weighted by Crippen LogP contribution is -2.39. The van der Waals surface area contributed by atoms with E-state index in [1.54, 1.807) is 0 Å². The molecule has 1 saturated carbocycles. The van der Waals surface area contributed by atoms with Gasteiger partial charge in [0.1, 0.15) is 0 Å². The van der Waals surface area contributed by atoms with Gasteiger partial charge in [-0.1, -0.05) is 26.7 Å². The summed E-state index contributed by atoms with van der Waals surface area (Å²) >= 11 is 0. The summed E-state index contributed by atoms with van der Waals surface area (Å²) in [6.07, 6.45) is 6.15. The Hall–Kier alpha value is -0.160. The Kier molecular flexibility index (Phi) is 9.49. The van der Waals surface area contributed by atoms with Crippen molar-refractivity contribution in [1.29, 1.82) is 0 Å². The van der Waals surface area contributed by atoms with E-state index < -0.39 is 6.10 Å². The maximum Gasteiger partial charge on any atom is 0.0897 e. The molecule has 1 aliphatic carbocycles. The van der Waals surface area contributed by atoms with Gasteiger partial charge in [0.15, 0.2) is 0 Å². The van der Waals surface area contributed by atoms with Gasteiger partial charge in [0.25, 0.3) is 0 Å². The second-order valence-electron chi connectivity index (χ2n) is 6.73. The number of hydrogen-bond acceptors (Lipinski definition) is 4. The van der Waals surface area contributed by atoms with E-state index in [2.05, 4.69) is 38.0 Å². The molecule has 21 heavy (non-hydrogen) atoms. The highest BCUT2D eigenvalue weighted by Gasteiger charge is 2.22. The molecule has 2 N–H and O–H groups in total. The van der Waals surface area contributed by atoms with Gasteiger partial charge < -0.3 is 20.1 Å². The smallest absolute Gasteiger partial charge is 0.0897 e. The molecule has 4 heteroatoms. The molecule has 4 nitrogen and oxygen atoms in total. The summed E-state index contributed by atoms with van der Waals surface area (Å²) in [5, 5.41) is 13.3. The number of hydrogen-bond donors (Lipinski definition) is 2. The molecule has 126 valence electrons. The zero-order chi connectivity index (χ0) is 15.7. The third kappa shape index (κ3) is 7.59. The predicted molar refractivity (Wildman–Crippen MR) is 88.6 cm³/mol. The van der Waals surface area contributed by atoms with Crippen molar-refractivity contribution >= 4 is 0 Å². The highest BCUT2D eigenvalue weighted by Crippen LogP contribution is 2.26. The molecule has 1 rings (SSSR count). The molecule has 4 atom stereocenters. The van der Waals surface area contributed by atoms with Crippen molar-refractivity contribution in [2.75, 3.05) is 33.3 Å². The summed E-state index contributed by atoms with van der Waals surface area (Å²) in [6.45, 7) is 9.73. The zero-order valence-corrected chi connectivity index (χ0v) is 14.5. The van der Waals surface area contributed by atoms with Gasteiger partial charge in [0.2, 0.25) is 0 Å². The number of likely N-dealkylation sites (N-methyl/N-ethyl adjacent to an activating group) is 1. The van der Waals surface area contributed by atoms with E-state index in [1.165, 1.54) is 25.7 Å². The first-order chi connectivity index (χ1) is 10.0. The molecule has 1 aliphatic rings. The molecule has 0 aliphatic heterocycles. The summed E-state index contributed by atoms with van der Waals surface area (Å²) in [6, 6.07) is 0.618. The number of ether oxygens (including phenoxy) is 1. The summed E-state index contributed by atoms with van der Waals surface area (Å²) in [5.74, 6) is 0.642. The molecule has 0 radical (unpaired) electrons. The fourth-order valence-corrected chi connectivity index (χ4v) is 2.88. The summed E-state index contributed by atoms with van der Waals surface area (Å²) in [4.78, 5) is 2.35. The Bertz CT molecular complexity index is 263. The first-order valence-electron chi connectivity index (χ1n) is 8.75. The van der Waals surface area contributed by atoms with Gasteiger partial charge >= 0.3 is 0 Å². The van der Waals surface area contributed by atoms with Crippen molar-refractivity contribution in [2.24, 2.45) is 5.92 Å². The molecule has 0 amide bonds. The van der Waals surface area contributed by atoms with Gasteiger partial charge in [-0.25, -0.2) is 0 Å². The average Bonchev–Trinajstić information content (AvgIpc) is 2.49. The van der Waals surface area contributed by atoms with Crippen LogP contribution in [0, 0.1) is 5.92 Å². The van der Waals surface area contributed by atoms with Crippen LogP contribution in [-0.2, 0) is 4.74 Å². The second kappa shape index (κ2) is 10.5. The van der Waals surface area contributed by atoms with Gasteiger partial charge in [-0.05, 0) is 39.2 Å². The maximum absolute atomic E-state index is 9.99. The SMILES string of the molecule is CCC(C)N(C)CCNCC(O)COC1CCCCC1C. The topological polar surface area (TPSA) is 44.7 Å². The van der Waals surface area contributed by atoms with Crippen LogP contribution in [-0.4, -0.2) is 61.5 Å². The van der Waals surface area contributed by atoms with E-state index in [9.17, 15) is 5.11 Å². The van der Waals surface area contributed by atoms with Crippen LogP contribution >= 0.6 is 0 Å². The molecular formula is C17H36N2O2. The lowest BCUT2D eigenvalue weighted by Gasteiger charge is -2.29. The predicted octanol–water partition coefficient (Wildman–Crippen LogP) is 2.26. The summed E-state index contributed by atoms with van der Waals surface area (Å²) in [7, 11) is 2.15. The van der Waals surface area contributed by atoms with Crippen LogP contribution < -0.4 is 5.32 Å². The van der Waals surface area contributed by atoms with Crippen molar-refractivity contribution in [3.63, 3.8) is 0 Å². The van der Waals surface area contributed by atoms with Crippen LogP contribution in [0.2, 0.25) is 0 Å². The molecule has 0 bridgehead atoms. The van der Waals surface area contributed by atoms with E-state index in [4.69, 9.17) is 4.74 Å². The molecule has 1 fully saturated rings. The Morgan fingerprint density at radius 1 is 1.33 bits per heavy atom. The minimum Gasteiger partial charge on any atom is -0.389 e. The number of rotatable bonds is 10. The van der Waals surface area contributed by atoms with Crippen molar-refractivity contribution in [2.45, 2.75) is 71.1 Å². The highest BCUT2D eigenvalue weighted by atomic mass is 16.5. The van der Waals surface area contributed by atoms with Gasteiger partial charge in [-0.2, -0.15) is 0 Å². The van der Waals surface area contributed by atoms with Crippen molar-refractivity contribution < 1.29 is 9.84 Å². The highest BCUT2D eigenvalue weighted by molar-refractivity contribution is 4.73. The Morgan fingerprint density at radius 3 is 2.71 bits per heavy atom. The van der Waals surface area contributed by atoms with Gasteiger partial charge in [-0.3, -0.25) is 0 Å². The van der Waals surface area contributed by atoms with Gasteiger partial charge in [-0.15, -0.1) is 0 Å². The van der Waals surface area contributed by atoms with Crippen molar-refractivity contribution in [3.05, 3.63) is 0 Å². The van der Waals surface area contributed by atoms with Crippen LogP contribution in [0.25, 0.3) is 0 Å². The number of aliphatic hydroxyl groups excluding tert-OH is 1. The average molecular weight is 300 g/mol. The van der Waals surface area contributed by atoms with E-state index in [0.717, 1.165) is 19.5 Å². The Balaban J connectivity index is 2.04. The Labute approximate surface area is 131 Å². The monoisotopic (exact) mass is 300 g/mol. The third-order valence-electron chi connectivity index (χ3n) is 4.90. The minimum absolute atomic E-state index is 0.352. The van der Waals surface area contributed by atoms with Crippen LogP contribution in [0.3, 0.4) is 0 Å². The zero-order valence-electron chi connectivity index (χ0n) is 14.5. The maximum atomic E-state index is 9.99. The molecule has 0 spiro atoms. The van der Waals surface area contributed by atoms with Crippen LogP contribution in [0.5, 0.6) is 0 Å². The van der Waals surface area contributed by atoms with Crippen molar-refractivity contribution in [1.82, 2.24) is 10.2 Å². The number of nitrogens with one attached hydrogen (secondary N) is 1. The van der Waals surface area contributed by atoms with Crippen LogP contribution in [0.4, 0.5) is 0 Å². The molecule has 0 saturated heterocycles. The van der Waals surface area contributed by atoms with Crippen LogP contribution in [0.15, 0.2) is 0 Å². The molecule has 4 unspecified atom stereocenters. The lowest BCUT2D eigenvalue weighted by atomic mass is 9.88. The molecular weight excluding hydrogens is 264 g/mol. The molecule has 0 aromatic rings. The van der Waals surface area contributed by atoms with E-state index in [0.29, 0.717) is 31.2 Å². The fourth-order valence-electron chi connectivity index (χ4n) is 2.88. The quantitative estimate of drug-likeness (QED) is 0.608. The van der Waals surface area contributed by atoms with Crippen LogP contribution in [0.1, 0.15) is 52.9 Å². The standard InChI is InChI=1S/C17H36N2O2/c1-5-15(3)19(4)11-10-18-12-16(20)13-21-17-9-7-6-8-14(17)2/h14-18,20H,5-13H2,1-4H3. The third-order valence-corrected chi connectivity index (χ3v) is 4.90. The molecule has 0 heterocycles. The first kappa shape index (κ1) is 18.9. The van der Waals surface area contributed by atoms with Gasteiger partial charge in [0, 0.05) is 25.7 Å². The van der Waals surface area contributed by atoms with E-state index in [-0.39, 0.29) is 0 Å². The largest absolute Gasteiger partial charge is 0.389 e. The second-order valence-corrected chi connectivity index (χ2v) is 6.73. The lowest BCUT2D eigenvalue weighted by molar-refractivity contribution is -0.0451. The summed E-state index contributed by atoms with van der Waals surface area (Å²) < 4.78 is 5.89. The van der Waals surface area contributed by atoms with Crippen molar-refractivity contribution in [3.8, 4) is 0 Å². The fraction of sp³-hybridized carbons (Fsp3) is 1.00. The van der Waals surface area contributed by atoms with Gasteiger partial charge in [0.05, 0.1) is 18.8 Å². The first-order valence-corrected chi connectivity index (χ1v) is 8.75. The molecule has 0 aromatic carbocycles. The number of aliphatic hydroxyl groups is 1. The Morgan fingerprint density at radius 2 is 2.05 bits per heavy atom. The normalized spacial score (nSPS) is 26.0. The molecule has 0 aromatic heterocycles. The summed E-state index contributed by atoms with van der Waals surface area (Å²) in [5.41, 5.74) is 0. The van der Waals surface area contributed by atoms with E-state index >= 15 is 0 Å². The minimum atomic E-state index is -0.395.